The fourth-order valence-corrected chi connectivity index (χ4v) is 7.84. The van der Waals surface area contributed by atoms with Crippen molar-refractivity contribution in [1.82, 2.24) is 0 Å². The van der Waals surface area contributed by atoms with Gasteiger partial charge < -0.3 is 31.7 Å². The average Bonchev–Trinajstić information content (AvgIpc) is 2.98. The van der Waals surface area contributed by atoms with Gasteiger partial charge in [-0.3, -0.25) is 4.79 Å². The van der Waals surface area contributed by atoms with Crippen molar-refractivity contribution >= 4 is 29.4 Å². The quantitative estimate of drug-likeness (QED) is 0.0602. The number of carbonyl (C=O) groups is 2. The number of rotatable bonds is 26. The molecule has 9 nitrogen and oxygen atoms in total. The van der Waals surface area contributed by atoms with Crippen LogP contribution in [0.4, 0.5) is 0 Å². The first-order valence-electron chi connectivity index (χ1n) is 15.0. The Balaban J connectivity index is 0. The van der Waals surface area contributed by atoms with Crippen LogP contribution in [0.3, 0.4) is 0 Å². The molecule has 0 heterocycles. The van der Waals surface area contributed by atoms with E-state index in [9.17, 15) is 9.59 Å². The summed E-state index contributed by atoms with van der Waals surface area (Å²) in [7, 11) is 3.06. The summed E-state index contributed by atoms with van der Waals surface area (Å²) in [6, 6.07) is 1.62. The summed E-state index contributed by atoms with van der Waals surface area (Å²) >= 11 is 0. The lowest BCUT2D eigenvalue weighted by molar-refractivity contribution is -0.132. The molecular weight excluding hydrogens is 560 g/mol. The monoisotopic (exact) mass is 620 g/mol. The minimum atomic E-state index is -2.68. The summed E-state index contributed by atoms with van der Waals surface area (Å²) in [4.78, 5) is 22.2. The zero-order chi connectivity index (χ0) is 31.6. The number of unbranched alkanes of at least 4 members (excludes halogenated alkanes) is 11. The molecule has 0 rings (SSSR count). The molecule has 0 radical (unpaired) electrons. The predicted molar refractivity (Wildman–Crippen MR) is 169 cm³/mol. The van der Waals surface area contributed by atoms with E-state index in [0.717, 1.165) is 57.0 Å². The third-order valence-corrected chi connectivity index (χ3v) is 12.6. The van der Waals surface area contributed by atoms with Crippen LogP contribution in [0.15, 0.2) is 23.8 Å². The highest BCUT2D eigenvalue weighted by Gasteiger charge is 2.39. The molecule has 0 fully saturated rings. The summed E-state index contributed by atoms with van der Waals surface area (Å²) < 4.78 is 32.7. The zero-order valence-corrected chi connectivity index (χ0v) is 29.3. The molecule has 41 heavy (non-hydrogen) atoms. The molecule has 11 heteroatoms. The third-order valence-electron chi connectivity index (χ3n) is 7.02. The van der Waals surface area contributed by atoms with Crippen LogP contribution >= 0.6 is 0 Å². The molecule has 0 saturated heterocycles. The fourth-order valence-electron chi connectivity index (χ4n) is 4.05. The van der Waals surface area contributed by atoms with Gasteiger partial charge >= 0.3 is 23.6 Å². The molecule has 0 aromatic carbocycles. The molecule has 0 amide bonds. The Hall–Kier alpha value is -1.19. The van der Waals surface area contributed by atoms with Gasteiger partial charge in [-0.05, 0) is 45.1 Å². The molecule has 0 bridgehead atoms. The zero-order valence-electron chi connectivity index (χ0n) is 27.3. The Morgan fingerprint density at radius 1 is 0.683 bits per heavy atom. The summed E-state index contributed by atoms with van der Waals surface area (Å²) in [6.45, 7) is 9.14. The first kappa shape index (κ1) is 41.9. The molecule has 0 aromatic heterocycles. The number of ketones is 1. The van der Waals surface area contributed by atoms with Gasteiger partial charge in [-0.25, -0.2) is 4.79 Å². The second-order valence-electron chi connectivity index (χ2n) is 10.2. The molecule has 1 N–H and O–H groups in total. The maximum atomic E-state index is 11.6. The number of hydrogen-bond donors (Lipinski definition) is 1. The Labute approximate surface area is 252 Å². The number of hydrogen-bond acceptors (Lipinski definition) is 8. The molecular formula is C30H60O9Si2. The van der Waals surface area contributed by atoms with Crippen LogP contribution in [-0.4, -0.2) is 76.6 Å². The Kier molecular flexibility index (Phi) is 27.1. The van der Waals surface area contributed by atoms with Crippen molar-refractivity contribution in [3.8, 4) is 0 Å². The average molecular weight is 621 g/mol. The molecule has 0 unspecified atom stereocenters. The summed E-state index contributed by atoms with van der Waals surface area (Å²) in [5.74, 6) is -0.920. The van der Waals surface area contributed by atoms with Crippen LogP contribution in [-0.2, 0) is 36.1 Å². The number of Topliss-reactive ketones (excluding diaryl/α,β-unsaturated/α-hetero) is 1. The highest BCUT2D eigenvalue weighted by atomic mass is 28.4. The van der Waals surface area contributed by atoms with E-state index in [0.29, 0.717) is 11.1 Å². The smallest absolute Gasteiger partial charge is 0.478 e. The Bertz CT molecular complexity index is 712. The highest BCUT2D eigenvalue weighted by Crippen LogP contribution is 2.20. The number of carbonyl (C=O) groups excluding carboxylic acids is 1. The van der Waals surface area contributed by atoms with Crippen LogP contribution < -0.4 is 0 Å². The van der Waals surface area contributed by atoms with E-state index in [-0.39, 0.29) is 12.4 Å². The first-order chi connectivity index (χ1) is 19.5. The largest absolute Gasteiger partial charge is 0.500 e. The normalized spacial score (nSPS) is 12.1. The van der Waals surface area contributed by atoms with E-state index in [4.69, 9.17) is 31.7 Å². The maximum Gasteiger partial charge on any atom is 0.500 e. The molecule has 242 valence electrons. The molecule has 0 aromatic rings. The van der Waals surface area contributed by atoms with Gasteiger partial charge in [-0.15, -0.1) is 0 Å². The van der Waals surface area contributed by atoms with Crippen LogP contribution in [0.25, 0.3) is 0 Å². The topological polar surface area (TPSA) is 110 Å². The van der Waals surface area contributed by atoms with E-state index in [1.165, 1.54) is 38.5 Å². The minimum Gasteiger partial charge on any atom is -0.478 e. The molecule has 0 atom stereocenters. The third kappa shape index (κ3) is 21.2. The number of carboxylic acids is 1. The van der Waals surface area contributed by atoms with Crippen molar-refractivity contribution in [3.05, 3.63) is 23.8 Å². The number of allylic oxidation sites excluding steroid dienone is 1. The Morgan fingerprint density at radius 3 is 1.51 bits per heavy atom. The van der Waals surface area contributed by atoms with E-state index < -0.39 is 23.6 Å². The summed E-state index contributed by atoms with van der Waals surface area (Å²) in [5, 5.41) is 8.71. The Morgan fingerprint density at radius 2 is 1.10 bits per heavy atom. The second-order valence-corrected chi connectivity index (χ2v) is 16.3. The molecule has 0 saturated carbocycles. The molecule has 0 aliphatic rings. The van der Waals surface area contributed by atoms with Crippen molar-refractivity contribution in [3.63, 3.8) is 0 Å². The maximum absolute atomic E-state index is 11.6. The number of carboxylic acid groups (broad SMARTS) is 1. The van der Waals surface area contributed by atoms with Gasteiger partial charge in [0, 0.05) is 53.2 Å². The summed E-state index contributed by atoms with van der Waals surface area (Å²) in [6.07, 6.45) is 16.6. The number of aliphatic carboxylic acids is 1. The van der Waals surface area contributed by atoms with Gasteiger partial charge in [0.25, 0.3) is 0 Å². The van der Waals surface area contributed by atoms with E-state index in [1.807, 2.05) is 0 Å². The highest BCUT2D eigenvalue weighted by molar-refractivity contribution is 6.61. The standard InChI is InChI=1S/C15H30O5Si.C15H30O4Si/c1-14(15(16)17)12-10-8-6-5-7-9-11-13-21(18-2,19-3)20-4;1-6-7-8-9-10-11-12-20(17-4,18-5)19-13-15(16)14(2)3/h12H,5-11,13H2,1-4H3,(H,16,17);2,6-13H2,1,3-5H3. The van der Waals surface area contributed by atoms with Crippen LogP contribution in [0.2, 0.25) is 12.1 Å². The van der Waals surface area contributed by atoms with Crippen molar-refractivity contribution in [2.75, 3.05) is 42.2 Å². The summed E-state index contributed by atoms with van der Waals surface area (Å²) in [5.41, 5.74) is 0.940. The SMILES string of the molecule is C=C(C)C(=O)CO[Si](CCCCCCCC)(OC)OC.CO[Si](CCCCCCCCC=C(C)C(=O)O)(OC)OC. The van der Waals surface area contributed by atoms with Gasteiger partial charge in [-0.2, -0.15) is 0 Å². The lowest BCUT2D eigenvalue weighted by Crippen LogP contribution is -2.45. The lowest BCUT2D eigenvalue weighted by atomic mass is 10.1. The van der Waals surface area contributed by atoms with Crippen molar-refractivity contribution in [2.45, 2.75) is 116 Å². The lowest BCUT2D eigenvalue weighted by Gasteiger charge is -2.26. The van der Waals surface area contributed by atoms with Gasteiger partial charge in [0.2, 0.25) is 0 Å². The van der Waals surface area contributed by atoms with Crippen molar-refractivity contribution in [1.29, 1.82) is 0 Å². The van der Waals surface area contributed by atoms with Gasteiger partial charge in [-0.1, -0.05) is 77.4 Å². The predicted octanol–water partition coefficient (Wildman–Crippen LogP) is 7.37. The van der Waals surface area contributed by atoms with Crippen molar-refractivity contribution in [2.24, 2.45) is 0 Å². The first-order valence-corrected chi connectivity index (χ1v) is 18.9. The molecule has 0 aliphatic carbocycles. The molecule has 0 aliphatic heterocycles. The van der Waals surface area contributed by atoms with Crippen LogP contribution in [0.5, 0.6) is 0 Å². The molecule has 0 spiro atoms. The minimum absolute atomic E-state index is 0.000922. The van der Waals surface area contributed by atoms with Gasteiger partial charge in [0.05, 0.1) is 0 Å². The van der Waals surface area contributed by atoms with Crippen LogP contribution in [0.1, 0.15) is 104 Å². The van der Waals surface area contributed by atoms with Gasteiger partial charge in [0.15, 0.2) is 5.78 Å². The fraction of sp³-hybridized carbons (Fsp3) is 0.800. The van der Waals surface area contributed by atoms with E-state index in [1.54, 1.807) is 55.5 Å². The second kappa shape index (κ2) is 26.4. The van der Waals surface area contributed by atoms with E-state index >= 15 is 0 Å². The van der Waals surface area contributed by atoms with E-state index in [2.05, 4.69) is 13.5 Å². The van der Waals surface area contributed by atoms with Crippen LogP contribution in [0, 0.1) is 0 Å². The van der Waals surface area contributed by atoms with Crippen molar-refractivity contribution < 1.29 is 41.3 Å². The van der Waals surface area contributed by atoms with Gasteiger partial charge in [0.1, 0.15) is 6.61 Å².